The van der Waals surface area contributed by atoms with Crippen molar-refractivity contribution in [2.75, 3.05) is 12.4 Å². The first-order valence-electron chi connectivity index (χ1n) is 5.22. The SMILES string of the molecule is CCCC(=O)Nc1cc(Cl)c(C)cc1OC. The maximum Gasteiger partial charge on any atom is 0.224 e. The summed E-state index contributed by atoms with van der Waals surface area (Å²) in [5.74, 6) is 0.604. The molecule has 0 saturated heterocycles. The van der Waals surface area contributed by atoms with Gasteiger partial charge in [0.05, 0.1) is 12.8 Å². The van der Waals surface area contributed by atoms with Gasteiger partial charge in [0.15, 0.2) is 0 Å². The minimum Gasteiger partial charge on any atom is -0.495 e. The number of nitrogens with one attached hydrogen (secondary N) is 1. The lowest BCUT2D eigenvalue weighted by Crippen LogP contribution is -2.11. The largest absolute Gasteiger partial charge is 0.495 e. The third kappa shape index (κ3) is 3.14. The number of hydrogen-bond donors (Lipinski definition) is 1. The number of rotatable bonds is 4. The molecule has 16 heavy (non-hydrogen) atoms. The minimum absolute atomic E-state index is 0.0271. The van der Waals surface area contributed by atoms with Gasteiger partial charge < -0.3 is 10.1 Å². The van der Waals surface area contributed by atoms with Crippen LogP contribution < -0.4 is 10.1 Å². The number of carbonyl (C=O) groups excluding carboxylic acids is 1. The van der Waals surface area contributed by atoms with Crippen LogP contribution in [-0.4, -0.2) is 13.0 Å². The Balaban J connectivity index is 2.94. The predicted molar refractivity (Wildman–Crippen MR) is 66.3 cm³/mol. The van der Waals surface area contributed by atoms with Crippen molar-refractivity contribution in [1.82, 2.24) is 0 Å². The van der Waals surface area contributed by atoms with Gasteiger partial charge in [-0.25, -0.2) is 0 Å². The van der Waals surface area contributed by atoms with Crippen LogP contribution in [0.5, 0.6) is 5.75 Å². The van der Waals surface area contributed by atoms with Gasteiger partial charge >= 0.3 is 0 Å². The molecule has 0 atom stereocenters. The van der Waals surface area contributed by atoms with Crippen LogP contribution in [-0.2, 0) is 4.79 Å². The first kappa shape index (κ1) is 12.8. The lowest BCUT2D eigenvalue weighted by molar-refractivity contribution is -0.116. The number of anilines is 1. The molecule has 3 nitrogen and oxygen atoms in total. The first-order valence-corrected chi connectivity index (χ1v) is 5.60. The Hall–Kier alpha value is -1.22. The molecule has 0 fully saturated rings. The Morgan fingerprint density at radius 1 is 1.50 bits per heavy atom. The number of aryl methyl sites for hydroxylation is 1. The molecule has 0 aliphatic rings. The topological polar surface area (TPSA) is 38.3 Å². The molecule has 88 valence electrons. The van der Waals surface area contributed by atoms with Crippen molar-refractivity contribution >= 4 is 23.2 Å². The molecule has 0 aromatic heterocycles. The van der Waals surface area contributed by atoms with Crippen molar-refractivity contribution in [3.05, 3.63) is 22.7 Å². The summed E-state index contributed by atoms with van der Waals surface area (Å²) < 4.78 is 5.19. The number of carbonyl (C=O) groups is 1. The Morgan fingerprint density at radius 2 is 2.19 bits per heavy atom. The second-order valence-electron chi connectivity index (χ2n) is 3.60. The molecular formula is C12H16ClNO2. The number of benzene rings is 1. The fraction of sp³-hybridized carbons (Fsp3) is 0.417. The van der Waals surface area contributed by atoms with Crippen LogP contribution in [0, 0.1) is 6.92 Å². The Morgan fingerprint density at radius 3 is 2.75 bits per heavy atom. The lowest BCUT2D eigenvalue weighted by atomic mass is 10.2. The summed E-state index contributed by atoms with van der Waals surface area (Å²) in [6, 6.07) is 3.52. The number of halogens is 1. The van der Waals surface area contributed by atoms with Crippen molar-refractivity contribution < 1.29 is 9.53 Å². The fourth-order valence-corrected chi connectivity index (χ4v) is 1.53. The molecule has 0 unspecified atom stereocenters. The smallest absolute Gasteiger partial charge is 0.224 e. The first-order chi connectivity index (χ1) is 7.58. The molecule has 0 spiro atoms. The quantitative estimate of drug-likeness (QED) is 0.878. The normalized spacial score (nSPS) is 10.0. The second kappa shape index (κ2) is 5.75. The summed E-state index contributed by atoms with van der Waals surface area (Å²) in [5, 5.41) is 3.40. The van der Waals surface area contributed by atoms with Crippen LogP contribution in [0.15, 0.2) is 12.1 Å². The summed E-state index contributed by atoms with van der Waals surface area (Å²) in [7, 11) is 1.57. The molecule has 0 aliphatic carbocycles. The van der Waals surface area contributed by atoms with Crippen molar-refractivity contribution in [2.45, 2.75) is 26.7 Å². The molecule has 1 amide bonds. The van der Waals surface area contributed by atoms with Gasteiger partial charge in [-0.15, -0.1) is 0 Å². The highest BCUT2D eigenvalue weighted by molar-refractivity contribution is 6.31. The van der Waals surface area contributed by atoms with E-state index in [0.717, 1.165) is 12.0 Å². The number of ether oxygens (including phenoxy) is 1. The van der Waals surface area contributed by atoms with E-state index in [-0.39, 0.29) is 5.91 Å². The summed E-state index contributed by atoms with van der Waals surface area (Å²) in [5.41, 5.74) is 1.54. The fourth-order valence-electron chi connectivity index (χ4n) is 1.36. The maximum absolute atomic E-state index is 11.5. The minimum atomic E-state index is -0.0271. The van der Waals surface area contributed by atoms with Gasteiger partial charge in [-0.1, -0.05) is 18.5 Å². The summed E-state index contributed by atoms with van der Waals surface area (Å²) in [6.45, 7) is 3.85. The summed E-state index contributed by atoms with van der Waals surface area (Å²) in [6.07, 6.45) is 1.31. The van der Waals surface area contributed by atoms with E-state index in [1.165, 1.54) is 0 Å². The molecule has 1 rings (SSSR count). The number of amides is 1. The number of methoxy groups -OCH3 is 1. The zero-order valence-electron chi connectivity index (χ0n) is 9.76. The van der Waals surface area contributed by atoms with Gasteiger partial charge in [-0.05, 0) is 31.0 Å². The maximum atomic E-state index is 11.5. The molecule has 4 heteroatoms. The van der Waals surface area contributed by atoms with E-state index >= 15 is 0 Å². The third-order valence-electron chi connectivity index (χ3n) is 2.23. The van der Waals surface area contributed by atoms with Gasteiger partial charge in [-0.3, -0.25) is 4.79 Å². The van der Waals surface area contributed by atoms with Crippen LogP contribution in [0.25, 0.3) is 0 Å². The van der Waals surface area contributed by atoms with Gasteiger partial charge in [0.1, 0.15) is 5.75 Å². The Labute approximate surface area is 101 Å². The van der Waals surface area contributed by atoms with Crippen molar-refractivity contribution in [2.24, 2.45) is 0 Å². The molecule has 1 aromatic carbocycles. The Kier molecular flexibility index (Phi) is 4.62. The van der Waals surface area contributed by atoms with Crippen LogP contribution in [0.4, 0.5) is 5.69 Å². The van der Waals surface area contributed by atoms with Crippen LogP contribution >= 0.6 is 11.6 Å². The van der Waals surface area contributed by atoms with Crippen LogP contribution in [0.1, 0.15) is 25.3 Å². The molecule has 1 aromatic rings. The van der Waals surface area contributed by atoms with E-state index < -0.39 is 0 Å². The number of hydrogen-bond acceptors (Lipinski definition) is 2. The summed E-state index contributed by atoms with van der Waals surface area (Å²) >= 11 is 6.00. The zero-order chi connectivity index (χ0) is 12.1. The highest BCUT2D eigenvalue weighted by Gasteiger charge is 2.09. The standard InChI is InChI=1S/C12H16ClNO2/c1-4-5-12(15)14-10-7-9(13)8(2)6-11(10)16-3/h6-7H,4-5H2,1-3H3,(H,14,15). The van der Waals surface area contributed by atoms with Crippen LogP contribution in [0.2, 0.25) is 5.02 Å². The second-order valence-corrected chi connectivity index (χ2v) is 4.01. The monoisotopic (exact) mass is 241 g/mol. The zero-order valence-corrected chi connectivity index (χ0v) is 10.5. The van der Waals surface area contributed by atoms with Gasteiger partial charge in [0.25, 0.3) is 0 Å². The molecule has 0 aliphatic heterocycles. The average molecular weight is 242 g/mol. The van der Waals surface area contributed by atoms with Crippen molar-refractivity contribution in [1.29, 1.82) is 0 Å². The summed E-state index contributed by atoms with van der Waals surface area (Å²) in [4.78, 5) is 11.5. The van der Waals surface area contributed by atoms with Crippen molar-refractivity contribution in [3.63, 3.8) is 0 Å². The van der Waals surface area contributed by atoms with Gasteiger partial charge in [0, 0.05) is 11.4 Å². The lowest BCUT2D eigenvalue weighted by Gasteiger charge is -2.11. The molecule has 0 bridgehead atoms. The van der Waals surface area contributed by atoms with Gasteiger partial charge in [-0.2, -0.15) is 0 Å². The molecule has 0 saturated carbocycles. The molecular weight excluding hydrogens is 226 g/mol. The van der Waals surface area contributed by atoms with E-state index in [9.17, 15) is 4.79 Å². The highest BCUT2D eigenvalue weighted by Crippen LogP contribution is 2.30. The van der Waals surface area contributed by atoms with Crippen molar-refractivity contribution in [3.8, 4) is 5.75 Å². The van der Waals surface area contributed by atoms with E-state index in [0.29, 0.717) is 22.9 Å². The predicted octanol–water partition coefficient (Wildman–Crippen LogP) is 3.40. The molecule has 1 N–H and O–H groups in total. The van der Waals surface area contributed by atoms with Gasteiger partial charge in [0.2, 0.25) is 5.91 Å². The van der Waals surface area contributed by atoms with E-state index in [1.54, 1.807) is 13.2 Å². The van der Waals surface area contributed by atoms with E-state index in [1.807, 2.05) is 19.9 Å². The van der Waals surface area contributed by atoms with E-state index in [4.69, 9.17) is 16.3 Å². The van der Waals surface area contributed by atoms with Crippen LogP contribution in [0.3, 0.4) is 0 Å². The van der Waals surface area contributed by atoms with E-state index in [2.05, 4.69) is 5.32 Å². The average Bonchev–Trinajstić information content (AvgIpc) is 2.23. The highest BCUT2D eigenvalue weighted by atomic mass is 35.5. The third-order valence-corrected chi connectivity index (χ3v) is 2.64. The molecule has 0 heterocycles. The Bertz CT molecular complexity index is 391. The molecule has 0 radical (unpaired) electrons.